The monoisotopic (exact) mass is 450 g/mol. The lowest BCUT2D eigenvalue weighted by Gasteiger charge is -2.41. The van der Waals surface area contributed by atoms with Gasteiger partial charge >= 0.3 is 0 Å². The van der Waals surface area contributed by atoms with Crippen LogP contribution in [-0.4, -0.2) is 46.7 Å². The first-order valence-electron chi connectivity index (χ1n) is 10.2. The standard InChI is InChI=1S/C21H31BrN4O2/c1-6-8-16(25-11-13(3)23-14(4)12-25)20-24-19-15(21(27)26(20)7-2)9-10-17(28-5)18(19)22/h9-10,13-14,16,23H,6-8,11-12H2,1-5H3/t13-,14+,16?. The SMILES string of the molecule is CCCC(c1nc2c(Br)c(OC)ccc2c(=O)n1CC)N1C[C@@H](C)N[C@@H](C)C1. The number of fused-ring (bicyclic) bond motifs is 1. The van der Waals surface area contributed by atoms with E-state index in [9.17, 15) is 4.79 Å². The average Bonchev–Trinajstić information content (AvgIpc) is 2.66. The van der Waals surface area contributed by atoms with Crippen LogP contribution in [0.4, 0.5) is 0 Å². The summed E-state index contributed by atoms with van der Waals surface area (Å²) < 4.78 is 8.02. The highest BCUT2D eigenvalue weighted by atomic mass is 79.9. The first kappa shape index (κ1) is 21.3. The zero-order chi connectivity index (χ0) is 20.4. The van der Waals surface area contributed by atoms with Crippen molar-refractivity contribution in [2.75, 3.05) is 20.2 Å². The Balaban J connectivity index is 2.20. The van der Waals surface area contributed by atoms with Crippen LogP contribution < -0.4 is 15.6 Å². The molecule has 6 nitrogen and oxygen atoms in total. The Morgan fingerprint density at radius 3 is 2.54 bits per heavy atom. The Labute approximate surface area is 175 Å². The fourth-order valence-electron chi connectivity index (χ4n) is 4.34. The van der Waals surface area contributed by atoms with Gasteiger partial charge in [-0.1, -0.05) is 13.3 Å². The van der Waals surface area contributed by atoms with Gasteiger partial charge in [-0.3, -0.25) is 14.3 Å². The molecule has 1 unspecified atom stereocenters. The summed E-state index contributed by atoms with van der Waals surface area (Å²) in [6.45, 7) is 11.1. The number of benzene rings is 1. The van der Waals surface area contributed by atoms with Crippen molar-refractivity contribution in [3.63, 3.8) is 0 Å². The predicted molar refractivity (Wildman–Crippen MR) is 117 cm³/mol. The van der Waals surface area contributed by atoms with Crippen LogP contribution in [0, 0.1) is 0 Å². The second-order valence-corrected chi connectivity index (χ2v) is 8.52. The normalized spacial score (nSPS) is 21.8. The van der Waals surface area contributed by atoms with Crippen LogP contribution in [0.2, 0.25) is 0 Å². The van der Waals surface area contributed by atoms with Crippen LogP contribution in [0.3, 0.4) is 0 Å². The summed E-state index contributed by atoms with van der Waals surface area (Å²) in [5.74, 6) is 1.55. The summed E-state index contributed by atoms with van der Waals surface area (Å²) in [5, 5.41) is 4.22. The predicted octanol–water partition coefficient (Wildman–Crippen LogP) is 3.71. The lowest BCUT2D eigenvalue weighted by Crippen LogP contribution is -2.55. The van der Waals surface area contributed by atoms with E-state index in [0.717, 1.165) is 36.2 Å². The van der Waals surface area contributed by atoms with Crippen molar-refractivity contribution in [1.82, 2.24) is 19.8 Å². The van der Waals surface area contributed by atoms with Gasteiger partial charge in [0.15, 0.2) is 0 Å². The molecule has 28 heavy (non-hydrogen) atoms. The largest absolute Gasteiger partial charge is 0.495 e. The number of hydrogen-bond donors (Lipinski definition) is 1. The minimum atomic E-state index is 0.0168. The second-order valence-electron chi connectivity index (χ2n) is 7.72. The zero-order valence-electron chi connectivity index (χ0n) is 17.5. The first-order chi connectivity index (χ1) is 13.4. The lowest BCUT2D eigenvalue weighted by molar-refractivity contribution is 0.109. The summed E-state index contributed by atoms with van der Waals surface area (Å²) >= 11 is 3.60. The molecule has 2 heterocycles. The van der Waals surface area contributed by atoms with Gasteiger partial charge in [0.1, 0.15) is 11.6 Å². The van der Waals surface area contributed by atoms with Crippen LogP contribution in [0.1, 0.15) is 52.4 Å². The van der Waals surface area contributed by atoms with E-state index in [-0.39, 0.29) is 11.6 Å². The smallest absolute Gasteiger partial charge is 0.261 e. The summed E-state index contributed by atoms with van der Waals surface area (Å²) in [6, 6.07) is 4.58. The minimum Gasteiger partial charge on any atom is -0.495 e. The summed E-state index contributed by atoms with van der Waals surface area (Å²) in [5.41, 5.74) is 0.699. The Bertz CT molecular complexity index is 888. The molecule has 1 aliphatic heterocycles. The molecule has 7 heteroatoms. The van der Waals surface area contributed by atoms with Crippen molar-refractivity contribution in [2.24, 2.45) is 0 Å². The van der Waals surface area contributed by atoms with Crippen molar-refractivity contribution in [3.8, 4) is 5.75 Å². The van der Waals surface area contributed by atoms with Crippen LogP contribution >= 0.6 is 15.9 Å². The molecule has 3 rings (SSSR count). The van der Waals surface area contributed by atoms with Gasteiger partial charge in [0.05, 0.1) is 28.5 Å². The van der Waals surface area contributed by atoms with Gasteiger partial charge in [0.2, 0.25) is 0 Å². The van der Waals surface area contributed by atoms with Gasteiger partial charge in [0.25, 0.3) is 5.56 Å². The molecule has 1 fully saturated rings. The highest BCUT2D eigenvalue weighted by Gasteiger charge is 2.31. The third-order valence-corrected chi connectivity index (χ3v) is 6.25. The number of aromatic nitrogens is 2. The summed E-state index contributed by atoms with van der Waals surface area (Å²) in [7, 11) is 1.63. The zero-order valence-corrected chi connectivity index (χ0v) is 19.0. The Kier molecular flexibility index (Phi) is 6.78. The molecule has 1 aromatic heterocycles. The van der Waals surface area contributed by atoms with Crippen LogP contribution in [-0.2, 0) is 6.54 Å². The van der Waals surface area contributed by atoms with Crippen LogP contribution in [0.15, 0.2) is 21.4 Å². The Morgan fingerprint density at radius 1 is 1.29 bits per heavy atom. The number of ether oxygens (including phenoxy) is 1. The second kappa shape index (κ2) is 8.93. The number of nitrogens with zero attached hydrogens (tertiary/aromatic N) is 3. The average molecular weight is 451 g/mol. The van der Waals surface area contributed by atoms with Crippen LogP contribution in [0.25, 0.3) is 10.9 Å². The van der Waals surface area contributed by atoms with Crippen LogP contribution in [0.5, 0.6) is 5.75 Å². The quantitative estimate of drug-likeness (QED) is 0.726. The molecule has 0 radical (unpaired) electrons. The molecule has 154 valence electrons. The molecule has 1 N–H and O–H groups in total. The maximum absolute atomic E-state index is 13.3. The molecule has 2 aromatic rings. The summed E-state index contributed by atoms with van der Waals surface area (Å²) in [6.07, 6.45) is 2.01. The Morgan fingerprint density at radius 2 is 1.96 bits per heavy atom. The van der Waals surface area contributed by atoms with E-state index in [1.165, 1.54) is 0 Å². The van der Waals surface area contributed by atoms with E-state index >= 15 is 0 Å². The highest BCUT2D eigenvalue weighted by molar-refractivity contribution is 9.10. The van der Waals surface area contributed by atoms with E-state index in [0.29, 0.717) is 35.3 Å². The van der Waals surface area contributed by atoms with Gasteiger partial charge in [0, 0.05) is 31.7 Å². The molecular formula is C21H31BrN4O2. The fraction of sp³-hybridized carbons (Fsp3) is 0.619. The summed E-state index contributed by atoms with van der Waals surface area (Å²) in [4.78, 5) is 20.8. The topological polar surface area (TPSA) is 59.4 Å². The number of nitrogens with one attached hydrogen (secondary N) is 1. The maximum atomic E-state index is 13.3. The van der Waals surface area contributed by atoms with E-state index in [1.807, 2.05) is 23.6 Å². The molecule has 1 saturated heterocycles. The van der Waals surface area contributed by atoms with E-state index in [4.69, 9.17) is 9.72 Å². The van der Waals surface area contributed by atoms with E-state index in [2.05, 4.69) is 46.9 Å². The molecule has 0 bridgehead atoms. The van der Waals surface area contributed by atoms with Gasteiger partial charge in [-0.25, -0.2) is 4.98 Å². The van der Waals surface area contributed by atoms with Gasteiger partial charge in [-0.15, -0.1) is 0 Å². The molecule has 0 spiro atoms. The van der Waals surface area contributed by atoms with Gasteiger partial charge in [-0.2, -0.15) is 0 Å². The first-order valence-corrected chi connectivity index (χ1v) is 11.0. The highest BCUT2D eigenvalue weighted by Crippen LogP contribution is 2.33. The third-order valence-electron chi connectivity index (χ3n) is 5.48. The van der Waals surface area contributed by atoms with E-state index in [1.54, 1.807) is 7.11 Å². The number of piperazine rings is 1. The van der Waals surface area contributed by atoms with Crippen molar-refractivity contribution >= 4 is 26.8 Å². The van der Waals surface area contributed by atoms with E-state index < -0.39 is 0 Å². The van der Waals surface area contributed by atoms with Crippen molar-refractivity contribution in [1.29, 1.82) is 0 Å². The lowest BCUT2D eigenvalue weighted by atomic mass is 10.0. The van der Waals surface area contributed by atoms with Gasteiger partial charge in [-0.05, 0) is 55.3 Å². The van der Waals surface area contributed by atoms with Gasteiger partial charge < -0.3 is 10.1 Å². The minimum absolute atomic E-state index is 0.0168. The molecule has 3 atom stereocenters. The van der Waals surface area contributed by atoms with Crippen molar-refractivity contribution in [3.05, 3.63) is 32.8 Å². The molecule has 1 aliphatic rings. The molecular weight excluding hydrogens is 420 g/mol. The number of methoxy groups -OCH3 is 1. The third kappa shape index (κ3) is 3.98. The molecule has 1 aromatic carbocycles. The number of rotatable bonds is 6. The fourth-order valence-corrected chi connectivity index (χ4v) is 4.94. The molecule has 0 saturated carbocycles. The van der Waals surface area contributed by atoms with Crippen molar-refractivity contribution < 1.29 is 4.74 Å². The number of halogens is 1. The Hall–Kier alpha value is -1.44. The molecule has 0 aliphatic carbocycles. The maximum Gasteiger partial charge on any atom is 0.261 e. The molecule has 0 amide bonds. The van der Waals surface area contributed by atoms with Crippen molar-refractivity contribution in [2.45, 2.75) is 65.2 Å². The number of hydrogen-bond acceptors (Lipinski definition) is 5.